The van der Waals surface area contributed by atoms with Gasteiger partial charge in [-0.15, -0.1) is 0 Å². The maximum Gasteiger partial charge on any atom is 0.345 e. The number of aromatic amines is 2. The second-order valence-corrected chi connectivity index (χ2v) is 4.11. The van der Waals surface area contributed by atoms with E-state index in [4.69, 9.17) is 9.47 Å². The Morgan fingerprint density at radius 3 is 2.38 bits per heavy atom. The highest BCUT2D eigenvalue weighted by molar-refractivity contribution is 5.95. The maximum absolute atomic E-state index is 11.9. The van der Waals surface area contributed by atoms with Crippen LogP contribution in [-0.4, -0.2) is 29.7 Å². The molecule has 7 nitrogen and oxygen atoms in total. The van der Waals surface area contributed by atoms with E-state index in [1.165, 1.54) is 7.11 Å². The first-order chi connectivity index (χ1) is 10.1. The molecule has 0 unspecified atom stereocenters. The van der Waals surface area contributed by atoms with Crippen molar-refractivity contribution < 1.29 is 14.3 Å². The fraction of sp³-hybridized carbons (Fsp3) is 0.214. The molecule has 7 heteroatoms. The van der Waals surface area contributed by atoms with Gasteiger partial charge in [0.25, 0.3) is 5.56 Å². The molecular formula is C14H14N2O5. The van der Waals surface area contributed by atoms with Crippen molar-refractivity contribution in [2.75, 3.05) is 13.7 Å². The van der Waals surface area contributed by atoms with Crippen LogP contribution in [0.1, 0.15) is 17.3 Å². The van der Waals surface area contributed by atoms with Crippen LogP contribution in [0.5, 0.6) is 5.75 Å². The summed E-state index contributed by atoms with van der Waals surface area (Å²) in [6.07, 6.45) is 0. The summed E-state index contributed by atoms with van der Waals surface area (Å²) in [5.74, 6) is -0.176. The largest absolute Gasteiger partial charge is 0.497 e. The van der Waals surface area contributed by atoms with Gasteiger partial charge in [0, 0.05) is 0 Å². The van der Waals surface area contributed by atoms with Crippen molar-refractivity contribution in [2.24, 2.45) is 0 Å². The van der Waals surface area contributed by atoms with Gasteiger partial charge in [-0.25, -0.2) is 9.59 Å². The van der Waals surface area contributed by atoms with Crippen molar-refractivity contribution in [3.8, 4) is 17.0 Å². The number of hydrogen-bond donors (Lipinski definition) is 2. The third kappa shape index (κ3) is 3.02. The van der Waals surface area contributed by atoms with E-state index in [1.54, 1.807) is 31.2 Å². The number of ether oxygens (including phenoxy) is 2. The minimum atomic E-state index is -0.791. The predicted molar refractivity (Wildman–Crippen MR) is 75.6 cm³/mol. The molecule has 0 aliphatic carbocycles. The summed E-state index contributed by atoms with van der Waals surface area (Å²) in [5, 5.41) is 0. The lowest BCUT2D eigenvalue weighted by Gasteiger charge is -2.08. The second kappa shape index (κ2) is 6.08. The number of carbonyl (C=O) groups is 1. The predicted octanol–water partition coefficient (Wildman–Crippen LogP) is 0.915. The lowest BCUT2D eigenvalue weighted by molar-refractivity contribution is 0.0524. The van der Waals surface area contributed by atoms with Crippen molar-refractivity contribution in [2.45, 2.75) is 6.92 Å². The van der Waals surface area contributed by atoms with Crippen LogP contribution >= 0.6 is 0 Å². The molecule has 1 aromatic carbocycles. The number of hydrogen-bond acceptors (Lipinski definition) is 5. The average Bonchev–Trinajstić information content (AvgIpc) is 2.46. The Hall–Kier alpha value is -2.83. The molecule has 0 atom stereocenters. The van der Waals surface area contributed by atoms with Crippen LogP contribution in [0.25, 0.3) is 11.3 Å². The zero-order valence-corrected chi connectivity index (χ0v) is 11.6. The van der Waals surface area contributed by atoms with Gasteiger partial charge in [0.1, 0.15) is 11.3 Å². The highest BCUT2D eigenvalue weighted by atomic mass is 16.5. The minimum Gasteiger partial charge on any atom is -0.497 e. The highest BCUT2D eigenvalue weighted by Gasteiger charge is 2.20. The molecule has 2 N–H and O–H groups in total. The van der Waals surface area contributed by atoms with E-state index in [0.29, 0.717) is 11.3 Å². The Kier molecular flexibility index (Phi) is 4.22. The summed E-state index contributed by atoms with van der Waals surface area (Å²) in [4.78, 5) is 39.7. The van der Waals surface area contributed by atoms with Crippen molar-refractivity contribution >= 4 is 5.97 Å². The molecule has 0 spiro atoms. The summed E-state index contributed by atoms with van der Waals surface area (Å²) in [6, 6.07) is 6.58. The molecule has 1 aromatic heterocycles. The molecule has 2 rings (SSSR count). The summed E-state index contributed by atoms with van der Waals surface area (Å²) < 4.78 is 9.89. The summed E-state index contributed by atoms with van der Waals surface area (Å²) in [7, 11) is 1.52. The lowest BCUT2D eigenvalue weighted by atomic mass is 10.1. The van der Waals surface area contributed by atoms with Crippen LogP contribution in [0.15, 0.2) is 33.9 Å². The third-order valence-corrected chi connectivity index (χ3v) is 2.80. The number of aromatic nitrogens is 2. The molecule has 0 saturated heterocycles. The van der Waals surface area contributed by atoms with Gasteiger partial charge in [-0.1, -0.05) is 0 Å². The van der Waals surface area contributed by atoms with Crippen LogP contribution in [0.3, 0.4) is 0 Å². The van der Waals surface area contributed by atoms with Crippen molar-refractivity contribution in [1.82, 2.24) is 9.97 Å². The van der Waals surface area contributed by atoms with E-state index in [0.717, 1.165) is 0 Å². The Morgan fingerprint density at radius 2 is 1.81 bits per heavy atom. The molecular weight excluding hydrogens is 276 g/mol. The molecule has 0 saturated carbocycles. The number of methoxy groups -OCH3 is 1. The van der Waals surface area contributed by atoms with E-state index >= 15 is 0 Å². The quantitative estimate of drug-likeness (QED) is 0.815. The standard InChI is InChI=1S/C14H14N2O5/c1-3-21-13(18)10-11(15-14(19)16-12(10)17)8-4-6-9(20-2)7-5-8/h4-7H,3H2,1-2H3,(H2,15,16,17,19). The SMILES string of the molecule is CCOC(=O)c1c(-c2ccc(OC)cc2)[nH]c(=O)[nH]c1=O. The molecule has 2 aromatic rings. The molecule has 0 bridgehead atoms. The van der Waals surface area contributed by atoms with E-state index in [2.05, 4.69) is 4.98 Å². The lowest BCUT2D eigenvalue weighted by Crippen LogP contribution is -2.30. The molecule has 21 heavy (non-hydrogen) atoms. The average molecular weight is 290 g/mol. The monoisotopic (exact) mass is 290 g/mol. The van der Waals surface area contributed by atoms with Gasteiger partial charge in [-0.2, -0.15) is 0 Å². The van der Waals surface area contributed by atoms with Crippen molar-refractivity contribution in [3.63, 3.8) is 0 Å². The first kappa shape index (κ1) is 14.6. The third-order valence-electron chi connectivity index (χ3n) is 2.80. The van der Waals surface area contributed by atoms with Gasteiger partial charge in [0.05, 0.1) is 19.4 Å². The van der Waals surface area contributed by atoms with Gasteiger partial charge in [0.2, 0.25) is 0 Å². The van der Waals surface area contributed by atoms with Gasteiger partial charge in [-0.05, 0) is 36.8 Å². The first-order valence-electron chi connectivity index (χ1n) is 6.25. The fourth-order valence-corrected chi connectivity index (χ4v) is 1.86. The van der Waals surface area contributed by atoms with Gasteiger partial charge < -0.3 is 14.5 Å². The van der Waals surface area contributed by atoms with Gasteiger partial charge >= 0.3 is 11.7 Å². The highest BCUT2D eigenvalue weighted by Crippen LogP contribution is 2.21. The Morgan fingerprint density at radius 1 is 1.14 bits per heavy atom. The van der Waals surface area contributed by atoms with Gasteiger partial charge in [-0.3, -0.25) is 9.78 Å². The normalized spacial score (nSPS) is 10.2. The number of rotatable bonds is 4. The maximum atomic E-state index is 11.9. The smallest absolute Gasteiger partial charge is 0.345 e. The fourth-order valence-electron chi connectivity index (χ4n) is 1.86. The zero-order valence-electron chi connectivity index (χ0n) is 11.6. The van der Waals surface area contributed by atoms with Crippen LogP contribution in [0.4, 0.5) is 0 Å². The van der Waals surface area contributed by atoms with E-state index < -0.39 is 17.2 Å². The molecule has 0 aliphatic heterocycles. The second-order valence-electron chi connectivity index (χ2n) is 4.11. The van der Waals surface area contributed by atoms with Crippen LogP contribution < -0.4 is 16.0 Å². The molecule has 110 valence electrons. The van der Waals surface area contributed by atoms with Gasteiger partial charge in [0.15, 0.2) is 0 Å². The van der Waals surface area contributed by atoms with E-state index in [-0.39, 0.29) is 17.9 Å². The summed E-state index contributed by atoms with van der Waals surface area (Å²) >= 11 is 0. The topological polar surface area (TPSA) is 101 Å². The Bertz CT molecular complexity index is 758. The van der Waals surface area contributed by atoms with Crippen molar-refractivity contribution in [3.05, 3.63) is 50.7 Å². The molecule has 0 aliphatic rings. The van der Waals surface area contributed by atoms with Crippen LogP contribution in [0.2, 0.25) is 0 Å². The van der Waals surface area contributed by atoms with Crippen molar-refractivity contribution in [1.29, 1.82) is 0 Å². The number of carbonyl (C=O) groups excluding carboxylic acids is 1. The van der Waals surface area contributed by atoms with Crippen LogP contribution in [0, 0.1) is 0 Å². The molecule has 0 radical (unpaired) electrons. The molecule has 0 amide bonds. The number of nitrogens with one attached hydrogen (secondary N) is 2. The number of H-pyrrole nitrogens is 2. The van der Waals surface area contributed by atoms with E-state index in [9.17, 15) is 14.4 Å². The zero-order chi connectivity index (χ0) is 15.4. The summed E-state index contributed by atoms with van der Waals surface area (Å²) in [5.41, 5.74) is -1.10. The first-order valence-corrected chi connectivity index (χ1v) is 6.25. The number of esters is 1. The van der Waals surface area contributed by atoms with Crippen LogP contribution in [-0.2, 0) is 4.74 Å². The summed E-state index contributed by atoms with van der Waals surface area (Å²) in [6.45, 7) is 1.75. The van der Waals surface area contributed by atoms with E-state index in [1.807, 2.05) is 4.98 Å². The Balaban J connectivity index is 2.63. The minimum absolute atomic E-state index is 0.116. The number of benzene rings is 1. The molecule has 1 heterocycles. The molecule has 0 fully saturated rings. The Labute approximate surface area is 119 Å².